The van der Waals surface area contributed by atoms with Gasteiger partial charge in [0.1, 0.15) is 0 Å². The molecule has 4 rings (SSSR count). The molecule has 0 aromatic carbocycles. The first-order valence-electron chi connectivity index (χ1n) is 10.7. The Hall–Kier alpha value is -0.630. The molecular weight excluding hydrogens is 308 g/mol. The topological polar surface area (TPSA) is 37.3 Å². The number of hydrogen-bond acceptors (Lipinski definition) is 2. The third kappa shape index (κ3) is 2.66. The zero-order valence-electron chi connectivity index (χ0n) is 16.3. The van der Waals surface area contributed by atoms with E-state index in [0.717, 1.165) is 24.2 Å². The molecule has 0 saturated heterocycles. The Labute approximate surface area is 153 Å². The van der Waals surface area contributed by atoms with Crippen molar-refractivity contribution in [2.75, 3.05) is 0 Å². The number of allylic oxidation sites excluding steroid dienone is 1. The summed E-state index contributed by atoms with van der Waals surface area (Å²) in [6, 6.07) is 0. The van der Waals surface area contributed by atoms with E-state index in [4.69, 9.17) is 0 Å². The molecule has 8 atom stereocenters. The van der Waals surface area contributed by atoms with Crippen LogP contribution in [0.4, 0.5) is 0 Å². The Morgan fingerprint density at radius 3 is 2.56 bits per heavy atom. The number of carbonyl (C=O) groups excluding carboxylic acids is 1. The molecule has 2 unspecified atom stereocenters. The van der Waals surface area contributed by atoms with Crippen LogP contribution in [0.1, 0.15) is 78.6 Å². The standard InChI is InChI=1S/C23H36O2/c1-15(24)7-10-19-21(25)14-20-17-9-8-16-6-4-5-12-22(16,2)18(17)11-13-23(19,20)3/h7,10,16-21,25H,4-6,8-9,11-14H2,1-3H3/t16?,17-,18+,19+,20+,21?,22+,23-/m1/s1. The molecule has 0 spiro atoms. The highest BCUT2D eigenvalue weighted by Crippen LogP contribution is 2.67. The van der Waals surface area contributed by atoms with Gasteiger partial charge in [-0.1, -0.05) is 32.8 Å². The zero-order valence-corrected chi connectivity index (χ0v) is 16.3. The van der Waals surface area contributed by atoms with E-state index in [1.165, 1.54) is 51.4 Å². The Balaban J connectivity index is 1.61. The molecule has 0 aromatic rings. The smallest absolute Gasteiger partial charge is 0.152 e. The highest BCUT2D eigenvalue weighted by molar-refractivity contribution is 5.87. The number of rotatable bonds is 2. The number of carbonyl (C=O) groups is 1. The summed E-state index contributed by atoms with van der Waals surface area (Å²) >= 11 is 0. The van der Waals surface area contributed by atoms with Gasteiger partial charge in [-0.3, -0.25) is 4.79 Å². The van der Waals surface area contributed by atoms with Gasteiger partial charge in [-0.2, -0.15) is 0 Å². The predicted octanol–water partition coefficient (Wildman–Crippen LogP) is 5.15. The quantitative estimate of drug-likeness (QED) is 0.703. The molecule has 25 heavy (non-hydrogen) atoms. The Morgan fingerprint density at radius 2 is 1.80 bits per heavy atom. The molecule has 1 N–H and O–H groups in total. The summed E-state index contributed by atoms with van der Waals surface area (Å²) in [5.41, 5.74) is 0.741. The summed E-state index contributed by atoms with van der Waals surface area (Å²) in [5.74, 6) is 3.52. The molecule has 0 aliphatic heterocycles. The summed E-state index contributed by atoms with van der Waals surface area (Å²) in [4.78, 5) is 11.4. The fourth-order valence-electron chi connectivity index (χ4n) is 7.93. The highest BCUT2D eigenvalue weighted by atomic mass is 16.3. The monoisotopic (exact) mass is 344 g/mol. The third-order valence-corrected chi connectivity index (χ3v) is 9.23. The van der Waals surface area contributed by atoms with E-state index in [0.29, 0.717) is 11.3 Å². The fourth-order valence-corrected chi connectivity index (χ4v) is 7.93. The van der Waals surface area contributed by atoms with E-state index >= 15 is 0 Å². The summed E-state index contributed by atoms with van der Waals surface area (Å²) in [6.45, 7) is 6.63. The largest absolute Gasteiger partial charge is 0.392 e. The number of aliphatic hydroxyl groups is 1. The first-order valence-corrected chi connectivity index (χ1v) is 10.7. The summed E-state index contributed by atoms with van der Waals surface area (Å²) in [7, 11) is 0. The average molecular weight is 345 g/mol. The van der Waals surface area contributed by atoms with E-state index < -0.39 is 0 Å². The summed E-state index contributed by atoms with van der Waals surface area (Å²) < 4.78 is 0. The van der Waals surface area contributed by atoms with Crippen molar-refractivity contribution in [3.63, 3.8) is 0 Å². The van der Waals surface area contributed by atoms with Crippen LogP contribution in [0, 0.1) is 40.4 Å². The summed E-state index contributed by atoms with van der Waals surface area (Å²) in [6.07, 6.45) is 15.5. The normalized spacial score (nSPS) is 52.5. The number of aliphatic hydroxyl groups excluding tert-OH is 1. The molecule has 2 heteroatoms. The van der Waals surface area contributed by atoms with Crippen molar-refractivity contribution in [1.82, 2.24) is 0 Å². The predicted molar refractivity (Wildman–Crippen MR) is 101 cm³/mol. The lowest BCUT2D eigenvalue weighted by Crippen LogP contribution is -2.52. The van der Waals surface area contributed by atoms with Gasteiger partial charge < -0.3 is 5.11 Å². The van der Waals surface area contributed by atoms with Crippen LogP contribution in [0.25, 0.3) is 0 Å². The molecule has 0 amide bonds. The van der Waals surface area contributed by atoms with Gasteiger partial charge in [0.15, 0.2) is 5.78 Å². The van der Waals surface area contributed by atoms with Crippen LogP contribution < -0.4 is 0 Å². The van der Waals surface area contributed by atoms with Gasteiger partial charge in [-0.05, 0) is 92.4 Å². The molecule has 4 saturated carbocycles. The van der Waals surface area contributed by atoms with Crippen LogP contribution in [-0.4, -0.2) is 17.0 Å². The molecule has 0 bridgehead atoms. The first kappa shape index (κ1) is 17.8. The maximum Gasteiger partial charge on any atom is 0.152 e. The van der Waals surface area contributed by atoms with Gasteiger partial charge in [0.05, 0.1) is 6.10 Å². The maximum absolute atomic E-state index is 11.4. The Morgan fingerprint density at radius 1 is 1.00 bits per heavy atom. The zero-order chi connectivity index (χ0) is 17.8. The van der Waals surface area contributed by atoms with Gasteiger partial charge >= 0.3 is 0 Å². The van der Waals surface area contributed by atoms with Crippen molar-refractivity contribution in [1.29, 1.82) is 0 Å². The van der Waals surface area contributed by atoms with Crippen molar-refractivity contribution >= 4 is 5.78 Å². The lowest BCUT2D eigenvalue weighted by molar-refractivity contribution is -0.112. The highest BCUT2D eigenvalue weighted by Gasteiger charge is 2.61. The number of hydrogen-bond donors (Lipinski definition) is 1. The lowest BCUT2D eigenvalue weighted by atomic mass is 9.45. The molecule has 0 heterocycles. The van der Waals surface area contributed by atoms with Crippen LogP contribution in [0.3, 0.4) is 0 Å². The Kier molecular flexibility index (Phi) is 4.42. The van der Waals surface area contributed by atoms with E-state index in [1.54, 1.807) is 13.0 Å². The van der Waals surface area contributed by atoms with Gasteiger partial charge in [-0.25, -0.2) is 0 Å². The second-order valence-electron chi connectivity index (χ2n) is 10.2. The van der Waals surface area contributed by atoms with Gasteiger partial charge in [-0.15, -0.1) is 0 Å². The SMILES string of the molecule is CC(=O)C=C[C@H]1C(O)C[C@H]2[C@@H]3CCC4CCCC[C@]4(C)[C@H]3CC[C@]12C. The molecule has 0 aromatic heterocycles. The van der Waals surface area contributed by atoms with E-state index in [1.807, 2.05) is 6.08 Å². The van der Waals surface area contributed by atoms with Crippen molar-refractivity contribution in [3.05, 3.63) is 12.2 Å². The second kappa shape index (κ2) is 6.22. The lowest BCUT2D eigenvalue weighted by Gasteiger charge is -2.60. The van der Waals surface area contributed by atoms with Crippen LogP contribution in [0.5, 0.6) is 0 Å². The van der Waals surface area contributed by atoms with Crippen molar-refractivity contribution in [3.8, 4) is 0 Å². The van der Waals surface area contributed by atoms with E-state index in [2.05, 4.69) is 13.8 Å². The minimum atomic E-state index is -0.263. The Bertz CT molecular complexity index is 566. The molecule has 4 fully saturated rings. The molecular formula is C23H36O2. The van der Waals surface area contributed by atoms with Crippen molar-refractivity contribution in [2.45, 2.75) is 84.7 Å². The van der Waals surface area contributed by atoms with E-state index in [-0.39, 0.29) is 23.2 Å². The first-order chi connectivity index (χ1) is 11.9. The average Bonchev–Trinajstić information content (AvgIpc) is 2.82. The molecule has 2 nitrogen and oxygen atoms in total. The van der Waals surface area contributed by atoms with Crippen LogP contribution >= 0.6 is 0 Å². The van der Waals surface area contributed by atoms with Crippen molar-refractivity contribution < 1.29 is 9.90 Å². The number of ketones is 1. The van der Waals surface area contributed by atoms with Gasteiger partial charge in [0.2, 0.25) is 0 Å². The molecule has 140 valence electrons. The van der Waals surface area contributed by atoms with Crippen LogP contribution in [0.15, 0.2) is 12.2 Å². The molecule has 4 aliphatic carbocycles. The van der Waals surface area contributed by atoms with Crippen molar-refractivity contribution in [2.24, 2.45) is 40.4 Å². The molecule has 0 radical (unpaired) electrons. The van der Waals surface area contributed by atoms with Gasteiger partial charge in [0, 0.05) is 5.92 Å². The minimum Gasteiger partial charge on any atom is -0.392 e. The maximum atomic E-state index is 11.4. The number of fused-ring (bicyclic) bond motifs is 5. The third-order valence-electron chi connectivity index (χ3n) is 9.23. The minimum absolute atomic E-state index is 0.100. The van der Waals surface area contributed by atoms with E-state index in [9.17, 15) is 9.90 Å². The van der Waals surface area contributed by atoms with Gasteiger partial charge in [0.25, 0.3) is 0 Å². The fraction of sp³-hybridized carbons (Fsp3) is 0.870. The second-order valence-corrected chi connectivity index (χ2v) is 10.2. The molecule has 4 aliphatic rings. The summed E-state index contributed by atoms with van der Waals surface area (Å²) in [5, 5.41) is 10.8. The van der Waals surface area contributed by atoms with Crippen LogP contribution in [-0.2, 0) is 4.79 Å². The van der Waals surface area contributed by atoms with Crippen LogP contribution in [0.2, 0.25) is 0 Å².